The third-order valence-corrected chi connectivity index (χ3v) is 4.24. The SMILES string of the molecule is CCCNC(Cc1cc(F)ccc1C)C1CCOCC1. The van der Waals surface area contributed by atoms with E-state index in [1.54, 1.807) is 12.1 Å². The average Bonchev–Trinajstić information content (AvgIpc) is 2.48. The molecule has 2 rings (SSSR count). The van der Waals surface area contributed by atoms with Crippen LogP contribution in [-0.4, -0.2) is 25.8 Å². The summed E-state index contributed by atoms with van der Waals surface area (Å²) in [7, 11) is 0. The summed E-state index contributed by atoms with van der Waals surface area (Å²) in [6, 6.07) is 5.54. The van der Waals surface area contributed by atoms with E-state index in [0.29, 0.717) is 12.0 Å². The molecule has 0 spiro atoms. The first-order valence-corrected chi connectivity index (χ1v) is 7.77. The van der Waals surface area contributed by atoms with E-state index in [9.17, 15) is 4.39 Å². The van der Waals surface area contributed by atoms with Crippen LogP contribution in [0.4, 0.5) is 4.39 Å². The Morgan fingerprint density at radius 3 is 2.80 bits per heavy atom. The van der Waals surface area contributed by atoms with Crippen LogP contribution in [0, 0.1) is 18.7 Å². The van der Waals surface area contributed by atoms with E-state index in [-0.39, 0.29) is 5.82 Å². The van der Waals surface area contributed by atoms with Crippen LogP contribution >= 0.6 is 0 Å². The Balaban J connectivity index is 2.07. The molecule has 1 heterocycles. The maximum atomic E-state index is 13.5. The monoisotopic (exact) mass is 279 g/mol. The molecule has 1 unspecified atom stereocenters. The molecule has 0 amide bonds. The van der Waals surface area contributed by atoms with Crippen LogP contribution in [-0.2, 0) is 11.2 Å². The molecule has 1 aliphatic heterocycles. The van der Waals surface area contributed by atoms with Crippen LogP contribution in [0.3, 0.4) is 0 Å². The Bertz CT molecular complexity index is 415. The fourth-order valence-electron chi connectivity index (χ4n) is 2.95. The smallest absolute Gasteiger partial charge is 0.123 e. The van der Waals surface area contributed by atoms with Gasteiger partial charge in [0.1, 0.15) is 5.82 Å². The van der Waals surface area contributed by atoms with Crippen LogP contribution in [0.1, 0.15) is 37.3 Å². The highest BCUT2D eigenvalue weighted by Crippen LogP contribution is 2.23. The first-order chi connectivity index (χ1) is 9.70. The second-order valence-corrected chi connectivity index (χ2v) is 5.79. The normalized spacial score (nSPS) is 18.1. The minimum absolute atomic E-state index is 0.133. The quantitative estimate of drug-likeness (QED) is 0.861. The van der Waals surface area contributed by atoms with Crippen LogP contribution in [0.2, 0.25) is 0 Å². The largest absolute Gasteiger partial charge is 0.381 e. The van der Waals surface area contributed by atoms with Crippen molar-refractivity contribution < 1.29 is 9.13 Å². The molecule has 0 saturated carbocycles. The molecule has 20 heavy (non-hydrogen) atoms. The molecular weight excluding hydrogens is 253 g/mol. The molecule has 1 saturated heterocycles. The van der Waals surface area contributed by atoms with Crippen molar-refractivity contribution in [3.05, 3.63) is 35.1 Å². The predicted molar refractivity (Wildman–Crippen MR) is 80.5 cm³/mol. The third-order valence-electron chi connectivity index (χ3n) is 4.24. The van der Waals surface area contributed by atoms with Gasteiger partial charge in [0, 0.05) is 19.3 Å². The molecule has 0 aromatic heterocycles. The van der Waals surface area contributed by atoms with Crippen LogP contribution in [0.25, 0.3) is 0 Å². The number of ether oxygens (including phenoxy) is 1. The summed E-state index contributed by atoms with van der Waals surface area (Å²) in [6.45, 7) is 6.99. The van der Waals surface area contributed by atoms with Gasteiger partial charge in [0.15, 0.2) is 0 Å². The van der Waals surface area contributed by atoms with Crippen molar-refractivity contribution in [1.82, 2.24) is 5.32 Å². The second kappa shape index (κ2) is 7.75. The van der Waals surface area contributed by atoms with Crippen molar-refractivity contribution in [2.75, 3.05) is 19.8 Å². The lowest BCUT2D eigenvalue weighted by Crippen LogP contribution is -2.41. The van der Waals surface area contributed by atoms with Gasteiger partial charge in [0.25, 0.3) is 0 Å². The van der Waals surface area contributed by atoms with Gasteiger partial charge in [-0.25, -0.2) is 4.39 Å². The lowest BCUT2D eigenvalue weighted by molar-refractivity contribution is 0.0537. The van der Waals surface area contributed by atoms with Crippen LogP contribution < -0.4 is 5.32 Å². The number of hydrogen-bond acceptors (Lipinski definition) is 2. The van der Waals surface area contributed by atoms with E-state index in [1.807, 2.05) is 6.07 Å². The van der Waals surface area contributed by atoms with Gasteiger partial charge in [-0.05, 0) is 68.3 Å². The highest BCUT2D eigenvalue weighted by molar-refractivity contribution is 5.27. The molecule has 0 aliphatic carbocycles. The van der Waals surface area contributed by atoms with Gasteiger partial charge >= 0.3 is 0 Å². The molecule has 1 fully saturated rings. The van der Waals surface area contributed by atoms with Crippen molar-refractivity contribution in [3.63, 3.8) is 0 Å². The average molecular weight is 279 g/mol. The zero-order chi connectivity index (χ0) is 14.4. The molecule has 3 heteroatoms. The standard InChI is InChI=1S/C17H26FNO/c1-3-8-19-17(14-6-9-20-10-7-14)12-15-11-16(18)5-4-13(15)2/h4-5,11,14,17,19H,3,6-10,12H2,1-2H3. The van der Waals surface area contributed by atoms with Crippen molar-refractivity contribution in [1.29, 1.82) is 0 Å². The molecule has 1 aliphatic rings. The fraction of sp³-hybridized carbons (Fsp3) is 0.647. The summed E-state index contributed by atoms with van der Waals surface area (Å²) in [5, 5.41) is 3.66. The number of halogens is 1. The van der Waals surface area contributed by atoms with E-state index >= 15 is 0 Å². The molecular formula is C17H26FNO. The van der Waals surface area contributed by atoms with Gasteiger partial charge in [0.05, 0.1) is 0 Å². The summed E-state index contributed by atoms with van der Waals surface area (Å²) >= 11 is 0. The van der Waals surface area contributed by atoms with Crippen molar-refractivity contribution in [2.45, 2.75) is 45.6 Å². The van der Waals surface area contributed by atoms with Gasteiger partial charge in [0.2, 0.25) is 0 Å². The van der Waals surface area contributed by atoms with Gasteiger partial charge in [-0.15, -0.1) is 0 Å². The molecule has 112 valence electrons. The molecule has 0 bridgehead atoms. The lowest BCUT2D eigenvalue weighted by Gasteiger charge is -2.31. The van der Waals surface area contributed by atoms with Crippen LogP contribution in [0.15, 0.2) is 18.2 Å². The van der Waals surface area contributed by atoms with Crippen molar-refractivity contribution in [2.24, 2.45) is 5.92 Å². The molecule has 2 nitrogen and oxygen atoms in total. The predicted octanol–water partition coefficient (Wildman–Crippen LogP) is 3.47. The number of nitrogens with one attached hydrogen (secondary N) is 1. The number of hydrogen-bond donors (Lipinski definition) is 1. The zero-order valence-corrected chi connectivity index (χ0v) is 12.6. The molecule has 1 aromatic carbocycles. The number of rotatable bonds is 6. The Hall–Kier alpha value is -0.930. The van der Waals surface area contributed by atoms with E-state index < -0.39 is 0 Å². The van der Waals surface area contributed by atoms with E-state index in [2.05, 4.69) is 19.2 Å². The molecule has 1 atom stereocenters. The summed E-state index contributed by atoms with van der Waals surface area (Å²) in [4.78, 5) is 0. The first-order valence-electron chi connectivity index (χ1n) is 7.77. The number of aryl methyl sites for hydroxylation is 1. The van der Waals surface area contributed by atoms with Crippen LogP contribution in [0.5, 0.6) is 0 Å². The van der Waals surface area contributed by atoms with Gasteiger partial charge in [-0.2, -0.15) is 0 Å². The van der Waals surface area contributed by atoms with Gasteiger partial charge in [-0.1, -0.05) is 13.0 Å². The molecule has 1 N–H and O–H groups in total. The minimum atomic E-state index is -0.133. The summed E-state index contributed by atoms with van der Waals surface area (Å²) in [6.07, 6.45) is 4.25. The topological polar surface area (TPSA) is 21.3 Å². The highest BCUT2D eigenvalue weighted by Gasteiger charge is 2.24. The maximum absolute atomic E-state index is 13.5. The Morgan fingerprint density at radius 2 is 2.10 bits per heavy atom. The van der Waals surface area contributed by atoms with E-state index in [1.165, 1.54) is 5.56 Å². The van der Waals surface area contributed by atoms with Gasteiger partial charge < -0.3 is 10.1 Å². The highest BCUT2D eigenvalue weighted by atomic mass is 19.1. The third kappa shape index (κ3) is 4.29. The lowest BCUT2D eigenvalue weighted by atomic mass is 9.86. The zero-order valence-electron chi connectivity index (χ0n) is 12.6. The van der Waals surface area contributed by atoms with Crippen molar-refractivity contribution in [3.8, 4) is 0 Å². The Kier molecular flexibility index (Phi) is 5.99. The minimum Gasteiger partial charge on any atom is -0.381 e. The summed E-state index contributed by atoms with van der Waals surface area (Å²) < 4.78 is 18.9. The molecule has 0 radical (unpaired) electrons. The summed E-state index contributed by atoms with van der Waals surface area (Å²) in [5.74, 6) is 0.504. The van der Waals surface area contributed by atoms with E-state index in [0.717, 1.165) is 51.0 Å². The number of benzene rings is 1. The molecule has 1 aromatic rings. The second-order valence-electron chi connectivity index (χ2n) is 5.79. The Labute approximate surface area is 121 Å². The Morgan fingerprint density at radius 1 is 1.35 bits per heavy atom. The fourth-order valence-corrected chi connectivity index (χ4v) is 2.95. The van der Waals surface area contributed by atoms with Crippen molar-refractivity contribution >= 4 is 0 Å². The van der Waals surface area contributed by atoms with E-state index in [4.69, 9.17) is 4.74 Å². The first kappa shape index (κ1) is 15.5. The van der Waals surface area contributed by atoms with Gasteiger partial charge in [-0.3, -0.25) is 0 Å². The maximum Gasteiger partial charge on any atom is 0.123 e. The summed E-state index contributed by atoms with van der Waals surface area (Å²) in [5.41, 5.74) is 2.31.